The van der Waals surface area contributed by atoms with Gasteiger partial charge in [-0.15, -0.1) is 6.42 Å². The number of terminal acetylenes is 1. The van der Waals surface area contributed by atoms with Crippen LogP contribution in [0.15, 0.2) is 12.3 Å². The Hall–Kier alpha value is -1.82. The van der Waals surface area contributed by atoms with E-state index >= 15 is 0 Å². The minimum atomic E-state index is -3.16. The van der Waals surface area contributed by atoms with E-state index in [0.29, 0.717) is 4.90 Å². The van der Waals surface area contributed by atoms with E-state index in [-0.39, 0.29) is 0 Å². The predicted octanol–water partition coefficient (Wildman–Crippen LogP) is -0.346. The Balaban J connectivity index is 3.27. The summed E-state index contributed by atoms with van der Waals surface area (Å²) in [6, 6.07) is 0. The number of carbonyl (C=O) groups excluding carboxylic acids is 2. The lowest BCUT2D eigenvalue weighted by Gasteiger charge is -2.29. The van der Waals surface area contributed by atoms with Gasteiger partial charge in [0.15, 0.2) is 18.1 Å². The quantitative estimate of drug-likeness (QED) is 0.548. The second-order valence-corrected chi connectivity index (χ2v) is 4.58. The topological polar surface area (TPSA) is 87.1 Å². The zero-order valence-electron chi connectivity index (χ0n) is 11.4. The molecular formula is C13H15F2NO5. The van der Waals surface area contributed by atoms with Crippen molar-refractivity contribution in [3.63, 3.8) is 0 Å². The Kier molecular flexibility index (Phi) is 4.83. The van der Waals surface area contributed by atoms with E-state index in [1.807, 2.05) is 0 Å². The summed E-state index contributed by atoms with van der Waals surface area (Å²) in [4.78, 5) is 23.0. The summed E-state index contributed by atoms with van der Waals surface area (Å²) in [7, 11) is 0. The molecular weight excluding hydrogens is 288 g/mol. The molecule has 1 rings (SSSR count). The first-order valence-corrected chi connectivity index (χ1v) is 5.92. The van der Waals surface area contributed by atoms with Crippen LogP contribution < -0.4 is 0 Å². The number of ether oxygens (including phenoxy) is 1. The number of aliphatic hydroxyl groups is 2. The van der Waals surface area contributed by atoms with Crippen LogP contribution in [0.5, 0.6) is 0 Å². The van der Waals surface area contributed by atoms with Gasteiger partial charge in [-0.25, -0.2) is 8.78 Å². The number of halogens is 2. The van der Waals surface area contributed by atoms with Crippen molar-refractivity contribution in [2.45, 2.75) is 37.7 Å². The van der Waals surface area contributed by atoms with Gasteiger partial charge in [-0.05, 0) is 13.0 Å². The van der Waals surface area contributed by atoms with Gasteiger partial charge in [0.2, 0.25) is 11.6 Å². The summed E-state index contributed by atoms with van der Waals surface area (Å²) in [5.41, 5.74) is -3.09. The largest absolute Gasteiger partial charge is 0.390 e. The highest BCUT2D eigenvalue weighted by Gasteiger charge is 2.67. The summed E-state index contributed by atoms with van der Waals surface area (Å²) >= 11 is 0. The average molecular weight is 303 g/mol. The SMILES string of the molecule is C#C[C@]1(F)[C@H](N(/C=C\C(C)=O)C(C)=O)O[C@](F)(CO)[C@H]1O. The van der Waals surface area contributed by atoms with Crippen LogP contribution in [0.1, 0.15) is 13.8 Å². The average Bonchev–Trinajstić information content (AvgIpc) is 2.62. The second-order valence-electron chi connectivity index (χ2n) is 4.58. The molecule has 1 amide bonds. The van der Waals surface area contributed by atoms with Crippen LogP contribution in [0.2, 0.25) is 0 Å². The fraction of sp³-hybridized carbons (Fsp3) is 0.538. The maximum atomic E-state index is 14.6. The summed E-state index contributed by atoms with van der Waals surface area (Å²) in [5.74, 6) is -2.88. The highest BCUT2D eigenvalue weighted by Crippen LogP contribution is 2.43. The number of alkyl halides is 2. The number of nitrogens with zero attached hydrogens (tertiary/aromatic N) is 1. The Labute approximate surface area is 120 Å². The molecule has 1 fully saturated rings. The Bertz CT molecular complexity index is 517. The van der Waals surface area contributed by atoms with Gasteiger partial charge in [0, 0.05) is 13.1 Å². The van der Waals surface area contributed by atoms with Gasteiger partial charge < -0.3 is 14.9 Å². The number of aliphatic hydroxyl groups excluding tert-OH is 2. The highest BCUT2D eigenvalue weighted by atomic mass is 19.2. The minimum Gasteiger partial charge on any atom is -0.390 e. The molecule has 0 aliphatic carbocycles. The monoisotopic (exact) mass is 303 g/mol. The zero-order valence-corrected chi connectivity index (χ0v) is 11.4. The van der Waals surface area contributed by atoms with E-state index < -0.39 is 42.2 Å². The lowest BCUT2D eigenvalue weighted by atomic mass is 9.95. The third kappa shape index (κ3) is 2.95. The van der Waals surface area contributed by atoms with Crippen LogP contribution in [0, 0.1) is 12.3 Å². The van der Waals surface area contributed by atoms with E-state index in [9.17, 15) is 23.5 Å². The number of rotatable bonds is 4. The number of hydrogen-bond acceptors (Lipinski definition) is 5. The Morgan fingerprint density at radius 3 is 2.43 bits per heavy atom. The summed E-state index contributed by atoms with van der Waals surface area (Å²) in [6.07, 6.45) is 2.24. The van der Waals surface area contributed by atoms with Gasteiger partial charge in [-0.3, -0.25) is 14.5 Å². The fourth-order valence-corrected chi connectivity index (χ4v) is 1.85. The van der Waals surface area contributed by atoms with Crippen LogP contribution in [0.4, 0.5) is 8.78 Å². The van der Waals surface area contributed by atoms with Crippen LogP contribution >= 0.6 is 0 Å². The summed E-state index contributed by atoms with van der Waals surface area (Å²) < 4.78 is 33.4. The molecule has 1 aliphatic rings. The maximum absolute atomic E-state index is 14.6. The molecule has 0 aromatic heterocycles. The molecule has 1 saturated heterocycles. The van der Waals surface area contributed by atoms with Gasteiger partial charge in [0.1, 0.15) is 6.61 Å². The van der Waals surface area contributed by atoms with Crippen molar-refractivity contribution in [3.8, 4) is 12.3 Å². The number of amides is 1. The Morgan fingerprint density at radius 1 is 1.48 bits per heavy atom. The zero-order chi connectivity index (χ0) is 16.4. The first-order valence-electron chi connectivity index (χ1n) is 5.92. The molecule has 1 aliphatic heterocycles. The van der Waals surface area contributed by atoms with E-state index in [1.54, 1.807) is 5.92 Å². The molecule has 0 bridgehead atoms. The smallest absolute Gasteiger partial charge is 0.264 e. The molecule has 8 heteroatoms. The lowest BCUT2D eigenvalue weighted by Crippen LogP contribution is -2.52. The molecule has 0 unspecified atom stereocenters. The van der Waals surface area contributed by atoms with Gasteiger partial charge in [-0.1, -0.05) is 5.92 Å². The number of carbonyl (C=O) groups is 2. The number of ketones is 1. The molecule has 1 heterocycles. The third-order valence-electron chi connectivity index (χ3n) is 3.00. The molecule has 0 radical (unpaired) electrons. The molecule has 0 spiro atoms. The van der Waals surface area contributed by atoms with E-state index in [2.05, 4.69) is 4.74 Å². The standard InChI is InChI=1S/C13H15F2NO5/c1-4-12(14)10(20)13(15,7-17)21-11(12)16(9(3)19)6-5-8(2)18/h1,5-6,10-11,17,20H,7H2,2-3H3/b6-5-/t10-,11+,12+,13+/m0/s1. The van der Waals surface area contributed by atoms with Gasteiger partial charge in [0.05, 0.1) is 0 Å². The first-order chi connectivity index (χ1) is 9.62. The first kappa shape index (κ1) is 17.2. The van der Waals surface area contributed by atoms with E-state index in [4.69, 9.17) is 11.5 Å². The van der Waals surface area contributed by atoms with Gasteiger partial charge in [0.25, 0.3) is 5.85 Å². The van der Waals surface area contributed by atoms with Crippen molar-refractivity contribution < 1.29 is 33.3 Å². The second kappa shape index (κ2) is 5.89. The number of allylic oxidation sites excluding steroid dienone is 1. The molecule has 116 valence electrons. The van der Waals surface area contributed by atoms with Crippen molar-refractivity contribution in [1.29, 1.82) is 0 Å². The Morgan fingerprint density at radius 2 is 2.05 bits per heavy atom. The van der Waals surface area contributed by atoms with Crippen molar-refractivity contribution in [1.82, 2.24) is 4.90 Å². The molecule has 0 aromatic rings. The normalized spacial score (nSPS) is 35.7. The van der Waals surface area contributed by atoms with Crippen LogP contribution in [0.25, 0.3) is 0 Å². The van der Waals surface area contributed by atoms with E-state index in [0.717, 1.165) is 19.2 Å². The van der Waals surface area contributed by atoms with Crippen LogP contribution in [0.3, 0.4) is 0 Å². The lowest BCUT2D eigenvalue weighted by molar-refractivity contribution is -0.212. The molecule has 21 heavy (non-hydrogen) atoms. The van der Waals surface area contributed by atoms with Crippen LogP contribution in [-0.2, 0) is 14.3 Å². The van der Waals surface area contributed by atoms with Crippen molar-refractivity contribution in [2.24, 2.45) is 0 Å². The van der Waals surface area contributed by atoms with E-state index in [1.165, 1.54) is 6.92 Å². The molecule has 6 nitrogen and oxygen atoms in total. The maximum Gasteiger partial charge on any atom is 0.264 e. The molecule has 0 aromatic carbocycles. The molecule has 2 N–H and O–H groups in total. The van der Waals surface area contributed by atoms with Gasteiger partial charge in [-0.2, -0.15) is 0 Å². The fourth-order valence-electron chi connectivity index (χ4n) is 1.85. The molecule has 4 atom stereocenters. The number of hydrogen-bond donors (Lipinski definition) is 2. The molecule has 0 saturated carbocycles. The summed E-state index contributed by atoms with van der Waals surface area (Å²) in [5, 5.41) is 18.5. The third-order valence-corrected chi connectivity index (χ3v) is 3.00. The van der Waals surface area contributed by atoms with Crippen molar-refractivity contribution in [3.05, 3.63) is 12.3 Å². The highest BCUT2D eigenvalue weighted by molar-refractivity contribution is 5.88. The van der Waals surface area contributed by atoms with Crippen molar-refractivity contribution >= 4 is 11.7 Å². The minimum absolute atomic E-state index is 0.460. The van der Waals surface area contributed by atoms with Crippen LogP contribution in [-0.4, -0.2) is 57.3 Å². The van der Waals surface area contributed by atoms with Gasteiger partial charge >= 0.3 is 0 Å². The summed E-state index contributed by atoms with van der Waals surface area (Å²) in [6.45, 7) is 0.824. The van der Waals surface area contributed by atoms with Crippen molar-refractivity contribution in [2.75, 3.05) is 6.61 Å². The predicted molar refractivity (Wildman–Crippen MR) is 66.8 cm³/mol.